The van der Waals surface area contributed by atoms with Gasteiger partial charge in [-0.25, -0.2) is 4.79 Å². The fourth-order valence-electron chi connectivity index (χ4n) is 7.39. The number of rotatable bonds is 9. The third kappa shape index (κ3) is 7.20. The van der Waals surface area contributed by atoms with Crippen molar-refractivity contribution in [2.75, 3.05) is 13.2 Å². The molecule has 1 aliphatic carbocycles. The van der Waals surface area contributed by atoms with E-state index >= 15 is 0 Å². The highest BCUT2D eigenvalue weighted by Crippen LogP contribution is 2.42. The van der Waals surface area contributed by atoms with Crippen LogP contribution < -0.4 is 10.4 Å². The van der Waals surface area contributed by atoms with Gasteiger partial charge in [-0.1, -0.05) is 114 Å². The SMILES string of the molecule is CC(C)(C)OC(=O)N1CCC[C@H]2[C@H](CCCCCO[Si](c3ccccc3)(c3ccccc3)C(C)(C)C)CCC[C@H]21. The van der Waals surface area contributed by atoms with Crippen molar-refractivity contribution in [2.24, 2.45) is 11.8 Å². The number of hydrogen-bond acceptors (Lipinski definition) is 3. The number of nitrogens with zero attached hydrogens (tertiary/aromatic N) is 1. The Bertz CT molecular complexity index is 1020. The number of fused-ring (bicyclic) bond motifs is 1. The number of carbonyl (C=O) groups excluding carboxylic acids is 1. The maximum Gasteiger partial charge on any atom is 0.410 e. The summed E-state index contributed by atoms with van der Waals surface area (Å²) in [6.45, 7) is 14.6. The lowest BCUT2D eigenvalue weighted by Crippen LogP contribution is -2.66. The van der Waals surface area contributed by atoms with Gasteiger partial charge in [0.2, 0.25) is 0 Å². The first-order chi connectivity index (χ1) is 19.0. The van der Waals surface area contributed by atoms with E-state index in [-0.39, 0.29) is 11.1 Å². The lowest BCUT2D eigenvalue weighted by molar-refractivity contribution is -0.0193. The third-order valence-corrected chi connectivity index (χ3v) is 14.1. The van der Waals surface area contributed by atoms with E-state index in [9.17, 15) is 4.79 Å². The number of carbonyl (C=O) groups is 1. The van der Waals surface area contributed by atoms with Gasteiger partial charge in [-0.2, -0.15) is 0 Å². The second-order valence-electron chi connectivity index (χ2n) is 14.1. The Labute approximate surface area is 245 Å². The van der Waals surface area contributed by atoms with Crippen molar-refractivity contribution in [3.05, 3.63) is 60.7 Å². The van der Waals surface area contributed by atoms with E-state index in [0.29, 0.717) is 12.0 Å². The molecule has 1 amide bonds. The van der Waals surface area contributed by atoms with Gasteiger partial charge >= 0.3 is 6.09 Å². The Morgan fingerprint density at radius 3 is 2.02 bits per heavy atom. The normalized spacial score (nSPS) is 22.1. The molecule has 0 spiro atoms. The molecular weight excluding hydrogens is 510 g/mol. The molecule has 220 valence electrons. The largest absolute Gasteiger partial charge is 0.444 e. The van der Waals surface area contributed by atoms with Gasteiger partial charge in [0.1, 0.15) is 5.60 Å². The molecule has 40 heavy (non-hydrogen) atoms. The Morgan fingerprint density at radius 1 is 0.825 bits per heavy atom. The second-order valence-corrected chi connectivity index (χ2v) is 18.4. The minimum absolute atomic E-state index is 0.0216. The van der Waals surface area contributed by atoms with Crippen LogP contribution in [0.15, 0.2) is 60.7 Å². The quantitative estimate of drug-likeness (QED) is 0.230. The molecule has 2 aromatic rings. The van der Waals surface area contributed by atoms with E-state index in [2.05, 4.69) is 86.3 Å². The molecule has 0 radical (unpaired) electrons. The smallest absolute Gasteiger partial charge is 0.410 e. The monoisotopic (exact) mass is 563 g/mol. The molecule has 2 aromatic carbocycles. The number of piperidine rings is 1. The van der Waals surface area contributed by atoms with Crippen molar-refractivity contribution >= 4 is 24.8 Å². The van der Waals surface area contributed by atoms with Crippen LogP contribution in [0.2, 0.25) is 5.04 Å². The van der Waals surface area contributed by atoms with Gasteiger partial charge in [0, 0.05) is 19.2 Å². The molecule has 1 aliphatic heterocycles. The van der Waals surface area contributed by atoms with Crippen LogP contribution in [-0.4, -0.2) is 44.1 Å². The van der Waals surface area contributed by atoms with Crippen LogP contribution in [0, 0.1) is 11.8 Å². The van der Waals surface area contributed by atoms with E-state index in [0.717, 1.165) is 38.3 Å². The fraction of sp³-hybridized carbons (Fsp3) is 0.629. The Kier molecular flexibility index (Phi) is 10.2. The highest BCUT2D eigenvalue weighted by Gasteiger charge is 2.50. The third-order valence-electron chi connectivity index (χ3n) is 9.09. The van der Waals surface area contributed by atoms with Crippen molar-refractivity contribution in [1.29, 1.82) is 0 Å². The zero-order valence-corrected chi connectivity index (χ0v) is 27.0. The van der Waals surface area contributed by atoms with Gasteiger partial charge in [-0.05, 0) is 73.7 Å². The van der Waals surface area contributed by atoms with Crippen LogP contribution >= 0.6 is 0 Å². The maximum absolute atomic E-state index is 13.0. The van der Waals surface area contributed by atoms with E-state index < -0.39 is 13.9 Å². The van der Waals surface area contributed by atoms with Gasteiger partial charge in [0.05, 0.1) is 0 Å². The predicted octanol–water partition coefficient (Wildman–Crippen LogP) is 7.94. The first kappa shape index (κ1) is 30.8. The van der Waals surface area contributed by atoms with E-state index in [1.54, 1.807) is 0 Å². The predicted molar refractivity (Wildman–Crippen MR) is 169 cm³/mol. The molecule has 5 heteroatoms. The molecule has 0 aromatic heterocycles. The molecule has 0 bridgehead atoms. The zero-order valence-electron chi connectivity index (χ0n) is 26.0. The number of likely N-dealkylation sites (tertiary alicyclic amines) is 1. The second kappa shape index (κ2) is 13.2. The molecule has 4 rings (SSSR count). The van der Waals surface area contributed by atoms with Crippen LogP contribution in [0.25, 0.3) is 0 Å². The molecule has 2 fully saturated rings. The molecule has 0 N–H and O–H groups in total. The lowest BCUT2D eigenvalue weighted by Gasteiger charge is -2.47. The van der Waals surface area contributed by atoms with Gasteiger partial charge in [-0.15, -0.1) is 0 Å². The average molecular weight is 564 g/mol. The summed E-state index contributed by atoms with van der Waals surface area (Å²) in [4.78, 5) is 15.0. The van der Waals surface area contributed by atoms with Crippen LogP contribution in [0.3, 0.4) is 0 Å². The van der Waals surface area contributed by atoms with Crippen LogP contribution in [0.5, 0.6) is 0 Å². The van der Waals surface area contributed by atoms with Gasteiger partial charge in [0.15, 0.2) is 0 Å². The number of amides is 1. The topological polar surface area (TPSA) is 38.8 Å². The summed E-state index contributed by atoms with van der Waals surface area (Å²) >= 11 is 0. The van der Waals surface area contributed by atoms with Crippen molar-refractivity contribution in [3.8, 4) is 0 Å². The number of unbranched alkanes of at least 4 members (excludes halogenated alkanes) is 2. The molecule has 1 heterocycles. The van der Waals surface area contributed by atoms with Crippen LogP contribution in [0.4, 0.5) is 4.79 Å². The highest BCUT2D eigenvalue weighted by molar-refractivity contribution is 6.99. The molecule has 1 saturated heterocycles. The van der Waals surface area contributed by atoms with Gasteiger partial charge in [-0.3, -0.25) is 0 Å². The maximum atomic E-state index is 13.0. The first-order valence-electron chi connectivity index (χ1n) is 15.8. The summed E-state index contributed by atoms with van der Waals surface area (Å²) < 4.78 is 12.9. The van der Waals surface area contributed by atoms with Crippen molar-refractivity contribution < 1.29 is 14.0 Å². The summed E-state index contributed by atoms with van der Waals surface area (Å²) in [6, 6.07) is 22.3. The molecule has 3 atom stereocenters. The number of hydrogen-bond donors (Lipinski definition) is 0. The Morgan fingerprint density at radius 2 is 1.45 bits per heavy atom. The molecule has 1 saturated carbocycles. The number of ether oxygens (including phenoxy) is 1. The summed E-state index contributed by atoms with van der Waals surface area (Å²) in [5.74, 6) is 1.35. The molecule has 2 aliphatic rings. The van der Waals surface area contributed by atoms with Crippen LogP contribution in [-0.2, 0) is 9.16 Å². The fourth-order valence-corrected chi connectivity index (χ4v) is 12.0. The van der Waals surface area contributed by atoms with E-state index in [1.807, 2.05) is 20.8 Å². The Hall–Kier alpha value is -2.11. The molecule has 0 unspecified atom stereocenters. The lowest BCUT2D eigenvalue weighted by atomic mass is 9.69. The summed E-state index contributed by atoms with van der Waals surface area (Å²) in [6.07, 6.45) is 10.7. The number of benzene rings is 2. The van der Waals surface area contributed by atoms with Gasteiger partial charge < -0.3 is 14.1 Å². The highest BCUT2D eigenvalue weighted by atomic mass is 28.4. The molecule has 4 nitrogen and oxygen atoms in total. The molecular formula is C35H53NO3Si. The zero-order chi connectivity index (χ0) is 28.8. The van der Waals surface area contributed by atoms with E-state index in [1.165, 1.54) is 48.9 Å². The van der Waals surface area contributed by atoms with Crippen LogP contribution in [0.1, 0.15) is 99.3 Å². The van der Waals surface area contributed by atoms with Gasteiger partial charge in [0.25, 0.3) is 8.32 Å². The van der Waals surface area contributed by atoms with E-state index in [4.69, 9.17) is 9.16 Å². The summed E-state index contributed by atoms with van der Waals surface area (Å²) in [7, 11) is -2.45. The Balaban J connectivity index is 1.34. The van der Waals surface area contributed by atoms with Crippen molar-refractivity contribution in [2.45, 2.75) is 116 Å². The summed E-state index contributed by atoms with van der Waals surface area (Å²) in [5, 5.41) is 2.73. The minimum atomic E-state index is -2.45. The average Bonchev–Trinajstić information content (AvgIpc) is 2.92. The van der Waals surface area contributed by atoms with Crippen molar-refractivity contribution in [3.63, 3.8) is 0 Å². The standard InChI is InChI=1S/C35H53NO3Si/c1-34(2,3)39-33(37)36-26-17-24-31-28(19-16-25-32(31)36)18-10-9-15-27-38-40(35(4,5)6,29-20-11-7-12-21-29)30-22-13-8-14-23-30/h7-8,11-14,20-23,28,31-32H,9-10,15-19,24-27H2,1-6H3/t28-,31+,32-/m1/s1. The first-order valence-corrected chi connectivity index (χ1v) is 17.7. The van der Waals surface area contributed by atoms with Crippen molar-refractivity contribution in [1.82, 2.24) is 4.90 Å². The minimum Gasteiger partial charge on any atom is -0.444 e. The summed E-state index contributed by atoms with van der Waals surface area (Å²) in [5.41, 5.74) is -0.436.